The maximum atomic E-state index is 13.2. The van der Waals surface area contributed by atoms with E-state index in [2.05, 4.69) is 10.6 Å². The standard InChI is InChI=1S/C20H32N4O9/c1-10(2)16(23-17(29)11(21)5-7-14(25)26)19(31)24-9-3-4-13(24)18(30)22-12(20(32)33)6-8-15(27)28/h10-13,16H,3-9,21H2,1-2H3,(H,22,30)(H,23,29)(H,25,26)(H,27,28)(H,32,33). The second-order valence-electron chi connectivity index (χ2n) is 8.29. The Morgan fingerprint density at radius 3 is 2.06 bits per heavy atom. The third-order valence-corrected chi connectivity index (χ3v) is 5.34. The zero-order chi connectivity index (χ0) is 25.3. The van der Waals surface area contributed by atoms with Gasteiger partial charge in [0.2, 0.25) is 17.7 Å². The minimum atomic E-state index is -1.42. The second-order valence-corrected chi connectivity index (χ2v) is 8.29. The molecule has 186 valence electrons. The summed E-state index contributed by atoms with van der Waals surface area (Å²) in [5.74, 6) is -6.02. The Bertz CT molecular complexity index is 771. The molecule has 13 heteroatoms. The Morgan fingerprint density at radius 2 is 1.55 bits per heavy atom. The molecule has 1 saturated heterocycles. The number of hydrogen-bond donors (Lipinski definition) is 6. The zero-order valence-corrected chi connectivity index (χ0v) is 18.7. The summed E-state index contributed by atoms with van der Waals surface area (Å²) in [7, 11) is 0. The molecule has 4 atom stereocenters. The summed E-state index contributed by atoms with van der Waals surface area (Å²) in [5, 5.41) is 31.6. The minimum absolute atomic E-state index is 0.109. The van der Waals surface area contributed by atoms with Gasteiger partial charge in [0.05, 0.1) is 6.04 Å². The van der Waals surface area contributed by atoms with Gasteiger partial charge in [-0.2, -0.15) is 0 Å². The topological polar surface area (TPSA) is 216 Å². The lowest BCUT2D eigenvalue weighted by Crippen LogP contribution is -2.58. The summed E-state index contributed by atoms with van der Waals surface area (Å²) in [4.78, 5) is 72.3. The monoisotopic (exact) mass is 472 g/mol. The van der Waals surface area contributed by atoms with Crippen molar-refractivity contribution in [3.63, 3.8) is 0 Å². The number of amides is 3. The van der Waals surface area contributed by atoms with E-state index < -0.39 is 66.2 Å². The molecule has 0 aromatic rings. The van der Waals surface area contributed by atoms with E-state index in [-0.39, 0.29) is 38.1 Å². The first-order valence-electron chi connectivity index (χ1n) is 10.7. The smallest absolute Gasteiger partial charge is 0.326 e. The van der Waals surface area contributed by atoms with Crippen LogP contribution in [0.2, 0.25) is 0 Å². The van der Waals surface area contributed by atoms with Crippen LogP contribution in [0.15, 0.2) is 0 Å². The Hall–Kier alpha value is -3.22. The third kappa shape index (κ3) is 8.67. The molecule has 1 rings (SSSR count). The number of carbonyl (C=O) groups excluding carboxylic acids is 3. The Labute approximate surface area is 190 Å². The van der Waals surface area contributed by atoms with E-state index in [1.165, 1.54) is 4.90 Å². The molecule has 4 unspecified atom stereocenters. The molecular weight excluding hydrogens is 440 g/mol. The first kappa shape index (κ1) is 27.8. The number of carboxylic acids is 3. The maximum absolute atomic E-state index is 13.2. The largest absolute Gasteiger partial charge is 0.481 e. The number of nitrogens with one attached hydrogen (secondary N) is 2. The number of rotatable bonds is 13. The SMILES string of the molecule is CC(C)C(NC(=O)C(N)CCC(=O)O)C(=O)N1CCCC1C(=O)NC(CCC(=O)O)C(=O)O. The van der Waals surface area contributed by atoms with E-state index in [1.54, 1.807) is 13.8 Å². The Kier molecular flexibility index (Phi) is 10.7. The van der Waals surface area contributed by atoms with Crippen LogP contribution in [0.3, 0.4) is 0 Å². The molecule has 1 aliphatic heterocycles. The fraction of sp³-hybridized carbons (Fsp3) is 0.700. The van der Waals surface area contributed by atoms with Crippen LogP contribution in [0, 0.1) is 5.92 Å². The molecule has 0 spiro atoms. The van der Waals surface area contributed by atoms with Crippen molar-refractivity contribution in [2.75, 3.05) is 6.54 Å². The molecule has 1 aliphatic rings. The van der Waals surface area contributed by atoms with Crippen molar-refractivity contribution in [3.05, 3.63) is 0 Å². The average Bonchev–Trinajstić information content (AvgIpc) is 3.21. The normalized spacial score (nSPS) is 18.3. The molecule has 1 fully saturated rings. The van der Waals surface area contributed by atoms with Gasteiger partial charge in [0, 0.05) is 19.4 Å². The van der Waals surface area contributed by atoms with Crippen LogP contribution < -0.4 is 16.4 Å². The fourth-order valence-electron chi connectivity index (χ4n) is 3.46. The van der Waals surface area contributed by atoms with Crippen LogP contribution in [0.4, 0.5) is 0 Å². The molecule has 3 amide bonds. The molecule has 0 bridgehead atoms. The van der Waals surface area contributed by atoms with Crippen molar-refractivity contribution in [1.82, 2.24) is 15.5 Å². The van der Waals surface area contributed by atoms with Crippen LogP contribution in [-0.4, -0.2) is 86.6 Å². The van der Waals surface area contributed by atoms with E-state index in [0.29, 0.717) is 6.42 Å². The number of aliphatic carboxylic acids is 3. The van der Waals surface area contributed by atoms with Gasteiger partial charge in [0.25, 0.3) is 0 Å². The van der Waals surface area contributed by atoms with Crippen molar-refractivity contribution < 1.29 is 44.1 Å². The summed E-state index contributed by atoms with van der Waals surface area (Å²) >= 11 is 0. The van der Waals surface area contributed by atoms with Crippen molar-refractivity contribution in [2.45, 2.75) is 76.5 Å². The molecule has 13 nitrogen and oxygen atoms in total. The summed E-state index contributed by atoms with van der Waals surface area (Å²) in [6.07, 6.45) is -0.421. The number of nitrogens with zero attached hydrogens (tertiary/aromatic N) is 1. The number of likely N-dealkylation sites (tertiary alicyclic amines) is 1. The molecular formula is C20H32N4O9. The summed E-state index contributed by atoms with van der Waals surface area (Å²) in [5.41, 5.74) is 5.71. The highest BCUT2D eigenvalue weighted by Crippen LogP contribution is 2.21. The van der Waals surface area contributed by atoms with Crippen LogP contribution in [0.25, 0.3) is 0 Å². The first-order chi connectivity index (χ1) is 15.3. The van der Waals surface area contributed by atoms with Gasteiger partial charge in [-0.15, -0.1) is 0 Å². The van der Waals surface area contributed by atoms with Crippen molar-refractivity contribution >= 4 is 35.6 Å². The molecule has 1 heterocycles. The molecule has 0 radical (unpaired) electrons. The predicted octanol–water partition coefficient (Wildman–Crippen LogP) is -1.26. The van der Waals surface area contributed by atoms with E-state index in [0.717, 1.165) is 0 Å². The molecule has 0 aliphatic carbocycles. The molecule has 7 N–H and O–H groups in total. The average molecular weight is 472 g/mol. The molecule has 0 saturated carbocycles. The summed E-state index contributed by atoms with van der Waals surface area (Å²) in [6, 6.07) is -4.54. The Morgan fingerprint density at radius 1 is 0.970 bits per heavy atom. The van der Waals surface area contributed by atoms with Crippen molar-refractivity contribution in [3.8, 4) is 0 Å². The van der Waals surface area contributed by atoms with Crippen molar-refractivity contribution in [2.24, 2.45) is 11.7 Å². The minimum Gasteiger partial charge on any atom is -0.481 e. The summed E-state index contributed by atoms with van der Waals surface area (Å²) in [6.45, 7) is 3.58. The highest BCUT2D eigenvalue weighted by Gasteiger charge is 2.40. The van der Waals surface area contributed by atoms with Gasteiger partial charge in [-0.1, -0.05) is 13.8 Å². The van der Waals surface area contributed by atoms with E-state index in [4.69, 9.17) is 15.9 Å². The lowest BCUT2D eigenvalue weighted by atomic mass is 10.0. The van der Waals surface area contributed by atoms with Gasteiger partial charge >= 0.3 is 17.9 Å². The fourth-order valence-corrected chi connectivity index (χ4v) is 3.46. The van der Waals surface area contributed by atoms with Gasteiger partial charge in [-0.05, 0) is 31.6 Å². The van der Waals surface area contributed by atoms with Gasteiger partial charge in [-0.25, -0.2) is 4.79 Å². The lowest BCUT2D eigenvalue weighted by Gasteiger charge is -2.31. The van der Waals surface area contributed by atoms with E-state index in [9.17, 15) is 33.9 Å². The van der Waals surface area contributed by atoms with E-state index in [1.807, 2.05) is 0 Å². The van der Waals surface area contributed by atoms with Crippen LogP contribution in [-0.2, 0) is 28.8 Å². The number of hydrogen-bond acceptors (Lipinski definition) is 7. The van der Waals surface area contributed by atoms with Crippen LogP contribution in [0.1, 0.15) is 52.4 Å². The second kappa shape index (κ2) is 12.7. The van der Waals surface area contributed by atoms with E-state index >= 15 is 0 Å². The van der Waals surface area contributed by atoms with Crippen LogP contribution in [0.5, 0.6) is 0 Å². The van der Waals surface area contributed by atoms with Gasteiger partial charge in [0.1, 0.15) is 18.1 Å². The number of carboxylic acid groups (broad SMARTS) is 3. The third-order valence-electron chi connectivity index (χ3n) is 5.34. The molecule has 0 aromatic heterocycles. The number of carbonyl (C=O) groups is 6. The van der Waals surface area contributed by atoms with Gasteiger partial charge < -0.3 is 36.6 Å². The lowest BCUT2D eigenvalue weighted by molar-refractivity contribution is -0.146. The predicted molar refractivity (Wildman–Crippen MR) is 113 cm³/mol. The van der Waals surface area contributed by atoms with Crippen LogP contribution >= 0.6 is 0 Å². The highest BCUT2D eigenvalue weighted by molar-refractivity contribution is 5.94. The molecule has 33 heavy (non-hydrogen) atoms. The number of nitrogens with two attached hydrogens (primary N) is 1. The zero-order valence-electron chi connectivity index (χ0n) is 18.7. The quantitative estimate of drug-likeness (QED) is 0.187. The summed E-state index contributed by atoms with van der Waals surface area (Å²) < 4.78 is 0. The highest BCUT2D eigenvalue weighted by atomic mass is 16.4. The van der Waals surface area contributed by atoms with Crippen molar-refractivity contribution in [1.29, 1.82) is 0 Å². The van der Waals surface area contributed by atoms with Gasteiger partial charge in [-0.3, -0.25) is 24.0 Å². The first-order valence-corrected chi connectivity index (χ1v) is 10.7. The van der Waals surface area contributed by atoms with Gasteiger partial charge in [0.15, 0.2) is 0 Å². The Balaban J connectivity index is 2.88. The molecule has 0 aromatic carbocycles. The maximum Gasteiger partial charge on any atom is 0.326 e.